The zero-order chi connectivity index (χ0) is 15.4. The van der Waals surface area contributed by atoms with E-state index in [-0.39, 0.29) is 11.9 Å². The maximum absolute atomic E-state index is 12.4. The smallest absolute Gasteiger partial charge is 0.255 e. The van der Waals surface area contributed by atoms with Gasteiger partial charge in [0.1, 0.15) is 5.75 Å². The van der Waals surface area contributed by atoms with Gasteiger partial charge in [0.05, 0.1) is 18.7 Å². The van der Waals surface area contributed by atoms with Crippen molar-refractivity contribution >= 4 is 5.91 Å². The number of rotatable bonds is 4. The number of nitrogens with zero attached hydrogens (tertiary/aromatic N) is 2. The van der Waals surface area contributed by atoms with Gasteiger partial charge in [0.15, 0.2) is 0 Å². The van der Waals surface area contributed by atoms with Crippen LogP contribution in [0.3, 0.4) is 0 Å². The first-order chi connectivity index (χ1) is 10.8. The molecule has 1 N–H and O–H groups in total. The number of para-hydroxylation sites is 1. The molecule has 1 aromatic heterocycles. The maximum Gasteiger partial charge on any atom is 0.255 e. The fraction of sp³-hybridized carbons (Fsp3) is 0.412. The minimum absolute atomic E-state index is 0.0556. The number of benzene rings is 1. The Morgan fingerprint density at radius 2 is 2.00 bits per heavy atom. The van der Waals surface area contributed by atoms with E-state index in [0.29, 0.717) is 17.4 Å². The molecule has 5 heteroatoms. The SMILES string of the molecule is COc1ccccc1C(=O)NC1CCC(n2cccn2)CC1. The lowest BCUT2D eigenvalue weighted by Crippen LogP contribution is -2.38. The van der Waals surface area contributed by atoms with Crippen LogP contribution in [-0.2, 0) is 0 Å². The molecule has 3 rings (SSSR count). The lowest BCUT2D eigenvalue weighted by molar-refractivity contribution is 0.0918. The van der Waals surface area contributed by atoms with Gasteiger partial charge in [0.25, 0.3) is 5.91 Å². The molecular formula is C17H21N3O2. The summed E-state index contributed by atoms with van der Waals surface area (Å²) >= 11 is 0. The minimum Gasteiger partial charge on any atom is -0.496 e. The Morgan fingerprint density at radius 1 is 1.23 bits per heavy atom. The van der Waals surface area contributed by atoms with E-state index in [9.17, 15) is 4.79 Å². The summed E-state index contributed by atoms with van der Waals surface area (Å²) < 4.78 is 7.28. The zero-order valence-corrected chi connectivity index (χ0v) is 12.7. The van der Waals surface area contributed by atoms with Crippen LogP contribution in [0.25, 0.3) is 0 Å². The Balaban J connectivity index is 1.57. The molecule has 0 saturated heterocycles. The molecule has 0 bridgehead atoms. The van der Waals surface area contributed by atoms with Gasteiger partial charge in [-0.2, -0.15) is 5.10 Å². The van der Waals surface area contributed by atoms with Crippen molar-refractivity contribution in [3.8, 4) is 5.75 Å². The van der Waals surface area contributed by atoms with Crippen molar-refractivity contribution in [1.82, 2.24) is 15.1 Å². The summed E-state index contributed by atoms with van der Waals surface area (Å²) in [5.41, 5.74) is 0.596. The second-order valence-electron chi connectivity index (χ2n) is 5.67. The Hall–Kier alpha value is -2.30. The molecule has 1 aliphatic rings. The molecule has 1 aliphatic carbocycles. The highest BCUT2D eigenvalue weighted by molar-refractivity contribution is 5.97. The lowest BCUT2D eigenvalue weighted by Gasteiger charge is -2.29. The predicted molar refractivity (Wildman–Crippen MR) is 84.0 cm³/mol. The first-order valence-corrected chi connectivity index (χ1v) is 7.71. The Kier molecular flexibility index (Phi) is 4.42. The number of amides is 1. The van der Waals surface area contributed by atoms with Crippen LogP contribution < -0.4 is 10.1 Å². The molecule has 0 aliphatic heterocycles. The van der Waals surface area contributed by atoms with Gasteiger partial charge >= 0.3 is 0 Å². The summed E-state index contributed by atoms with van der Waals surface area (Å²) in [5, 5.41) is 7.44. The maximum atomic E-state index is 12.4. The molecule has 0 unspecified atom stereocenters. The largest absolute Gasteiger partial charge is 0.496 e. The fourth-order valence-corrected chi connectivity index (χ4v) is 3.08. The van der Waals surface area contributed by atoms with Crippen LogP contribution in [-0.4, -0.2) is 28.8 Å². The molecule has 5 nitrogen and oxygen atoms in total. The molecule has 1 heterocycles. The standard InChI is InChI=1S/C17H21N3O2/c1-22-16-6-3-2-5-15(16)17(21)19-13-7-9-14(10-8-13)20-12-4-11-18-20/h2-6,11-14H,7-10H2,1H3,(H,19,21). The zero-order valence-electron chi connectivity index (χ0n) is 12.7. The number of hydrogen-bond donors (Lipinski definition) is 1. The van der Waals surface area contributed by atoms with Crippen molar-refractivity contribution < 1.29 is 9.53 Å². The minimum atomic E-state index is -0.0556. The molecule has 1 amide bonds. The van der Waals surface area contributed by atoms with Crippen LogP contribution >= 0.6 is 0 Å². The number of hydrogen-bond acceptors (Lipinski definition) is 3. The summed E-state index contributed by atoms with van der Waals surface area (Å²) in [4.78, 5) is 12.4. The molecule has 1 fully saturated rings. The molecule has 1 saturated carbocycles. The number of nitrogens with one attached hydrogen (secondary N) is 1. The quantitative estimate of drug-likeness (QED) is 0.944. The van der Waals surface area contributed by atoms with Gasteiger partial charge in [0, 0.05) is 18.4 Å². The van der Waals surface area contributed by atoms with Gasteiger partial charge in [-0.05, 0) is 43.9 Å². The third-order valence-electron chi connectivity index (χ3n) is 4.28. The predicted octanol–water partition coefficient (Wildman–Crippen LogP) is 2.81. The van der Waals surface area contributed by atoms with Gasteiger partial charge in [0.2, 0.25) is 0 Å². The van der Waals surface area contributed by atoms with Gasteiger partial charge < -0.3 is 10.1 Å². The topological polar surface area (TPSA) is 56.1 Å². The third kappa shape index (κ3) is 3.13. The van der Waals surface area contributed by atoms with Gasteiger partial charge in [-0.25, -0.2) is 0 Å². The first-order valence-electron chi connectivity index (χ1n) is 7.71. The number of carbonyl (C=O) groups is 1. The molecule has 0 spiro atoms. The van der Waals surface area contributed by atoms with E-state index in [0.717, 1.165) is 25.7 Å². The van der Waals surface area contributed by atoms with Crippen LogP contribution in [0.4, 0.5) is 0 Å². The normalized spacial score (nSPS) is 21.3. The van der Waals surface area contributed by atoms with E-state index >= 15 is 0 Å². The van der Waals surface area contributed by atoms with Crippen LogP contribution in [0.2, 0.25) is 0 Å². The number of methoxy groups -OCH3 is 1. The monoisotopic (exact) mass is 299 g/mol. The summed E-state index contributed by atoms with van der Waals surface area (Å²) in [6.45, 7) is 0. The molecular weight excluding hydrogens is 278 g/mol. The highest BCUT2D eigenvalue weighted by Crippen LogP contribution is 2.28. The van der Waals surface area contributed by atoms with Crippen LogP contribution in [0.1, 0.15) is 42.1 Å². The van der Waals surface area contributed by atoms with Crippen molar-refractivity contribution in [1.29, 1.82) is 0 Å². The van der Waals surface area contributed by atoms with E-state index < -0.39 is 0 Å². The average Bonchev–Trinajstić information content (AvgIpc) is 3.10. The highest BCUT2D eigenvalue weighted by Gasteiger charge is 2.24. The molecule has 0 radical (unpaired) electrons. The highest BCUT2D eigenvalue weighted by atomic mass is 16.5. The lowest BCUT2D eigenvalue weighted by atomic mass is 9.91. The number of aromatic nitrogens is 2. The summed E-state index contributed by atoms with van der Waals surface area (Å²) in [7, 11) is 1.58. The third-order valence-corrected chi connectivity index (χ3v) is 4.28. The first kappa shape index (κ1) is 14.6. The van der Waals surface area contributed by atoms with E-state index in [1.807, 2.05) is 41.3 Å². The van der Waals surface area contributed by atoms with E-state index in [1.54, 1.807) is 13.2 Å². The molecule has 0 atom stereocenters. The molecule has 116 valence electrons. The van der Waals surface area contributed by atoms with Gasteiger partial charge in [-0.1, -0.05) is 12.1 Å². The van der Waals surface area contributed by atoms with E-state index in [4.69, 9.17) is 4.74 Å². The van der Waals surface area contributed by atoms with Crippen LogP contribution in [0, 0.1) is 0 Å². The Bertz CT molecular complexity index is 617. The molecule has 1 aromatic carbocycles. The van der Waals surface area contributed by atoms with Gasteiger partial charge in [-0.15, -0.1) is 0 Å². The molecule has 22 heavy (non-hydrogen) atoms. The van der Waals surface area contributed by atoms with Crippen molar-refractivity contribution in [3.63, 3.8) is 0 Å². The van der Waals surface area contributed by atoms with Crippen molar-refractivity contribution in [2.75, 3.05) is 7.11 Å². The van der Waals surface area contributed by atoms with Crippen LogP contribution in [0.5, 0.6) is 5.75 Å². The van der Waals surface area contributed by atoms with Crippen molar-refractivity contribution in [3.05, 3.63) is 48.3 Å². The second kappa shape index (κ2) is 6.64. The fourth-order valence-electron chi connectivity index (χ4n) is 3.08. The average molecular weight is 299 g/mol. The summed E-state index contributed by atoms with van der Waals surface area (Å²) in [5.74, 6) is 0.560. The van der Waals surface area contributed by atoms with Crippen molar-refractivity contribution in [2.24, 2.45) is 0 Å². The summed E-state index contributed by atoms with van der Waals surface area (Å²) in [6.07, 6.45) is 7.86. The van der Waals surface area contributed by atoms with E-state index in [1.165, 1.54) is 0 Å². The van der Waals surface area contributed by atoms with Crippen molar-refractivity contribution in [2.45, 2.75) is 37.8 Å². The van der Waals surface area contributed by atoms with E-state index in [2.05, 4.69) is 10.4 Å². The Labute approximate surface area is 130 Å². The number of ether oxygens (including phenoxy) is 1. The summed E-state index contributed by atoms with van der Waals surface area (Å²) in [6, 6.07) is 9.96. The van der Waals surface area contributed by atoms with Gasteiger partial charge in [-0.3, -0.25) is 9.48 Å². The number of carbonyl (C=O) groups excluding carboxylic acids is 1. The molecule has 2 aromatic rings. The van der Waals surface area contributed by atoms with Crippen LogP contribution in [0.15, 0.2) is 42.7 Å². The Morgan fingerprint density at radius 3 is 2.68 bits per heavy atom. The second-order valence-corrected chi connectivity index (χ2v) is 5.67.